The van der Waals surface area contributed by atoms with E-state index in [1.54, 1.807) is 7.11 Å². The average Bonchev–Trinajstić information content (AvgIpc) is 2.47. The summed E-state index contributed by atoms with van der Waals surface area (Å²) in [5, 5.41) is 3.19. The highest BCUT2D eigenvalue weighted by Crippen LogP contribution is 2.14. The van der Waals surface area contributed by atoms with Gasteiger partial charge in [0.25, 0.3) is 6.43 Å². The van der Waals surface area contributed by atoms with E-state index in [0.29, 0.717) is 6.61 Å². The van der Waals surface area contributed by atoms with Crippen LogP contribution in [0.4, 0.5) is 8.78 Å². The molecule has 0 aliphatic heterocycles. The number of aryl methyl sites for hydroxylation is 1. The van der Waals surface area contributed by atoms with Gasteiger partial charge >= 0.3 is 0 Å². The Morgan fingerprint density at radius 3 is 2.40 bits per heavy atom. The van der Waals surface area contributed by atoms with Crippen LogP contribution in [0.2, 0.25) is 0 Å². The molecule has 114 valence electrons. The van der Waals surface area contributed by atoms with E-state index in [2.05, 4.69) is 5.32 Å². The number of benzene rings is 1. The maximum atomic E-state index is 11.9. The van der Waals surface area contributed by atoms with E-state index in [9.17, 15) is 8.78 Å². The molecule has 0 amide bonds. The Balaban J connectivity index is 2.25. The minimum atomic E-state index is -2.39. The lowest BCUT2D eigenvalue weighted by atomic mass is 10.0. The molecule has 5 heteroatoms. The molecule has 0 aromatic heterocycles. The van der Waals surface area contributed by atoms with E-state index in [4.69, 9.17) is 9.47 Å². The van der Waals surface area contributed by atoms with Gasteiger partial charge in [-0.1, -0.05) is 12.1 Å². The van der Waals surface area contributed by atoms with Gasteiger partial charge in [0.05, 0.1) is 7.11 Å². The fourth-order valence-corrected chi connectivity index (χ4v) is 1.96. The number of hydrogen-bond donors (Lipinski definition) is 1. The van der Waals surface area contributed by atoms with Crippen LogP contribution in [0.25, 0.3) is 0 Å². The van der Waals surface area contributed by atoms with Crippen molar-refractivity contribution in [3.63, 3.8) is 0 Å². The molecule has 1 atom stereocenters. The first kappa shape index (κ1) is 16.9. The summed E-state index contributed by atoms with van der Waals surface area (Å²) in [5.41, 5.74) is 1.24. The predicted molar refractivity (Wildman–Crippen MR) is 75.6 cm³/mol. The van der Waals surface area contributed by atoms with Crippen molar-refractivity contribution in [1.29, 1.82) is 0 Å². The van der Waals surface area contributed by atoms with Crippen LogP contribution in [0.1, 0.15) is 18.4 Å². The summed E-state index contributed by atoms with van der Waals surface area (Å²) >= 11 is 0. The Morgan fingerprint density at radius 2 is 1.85 bits per heavy atom. The molecule has 1 N–H and O–H groups in total. The number of ether oxygens (including phenoxy) is 2. The van der Waals surface area contributed by atoms with Crippen LogP contribution in [0.3, 0.4) is 0 Å². The van der Waals surface area contributed by atoms with Crippen molar-refractivity contribution < 1.29 is 18.3 Å². The van der Waals surface area contributed by atoms with Crippen molar-refractivity contribution >= 4 is 0 Å². The number of methoxy groups -OCH3 is 1. The van der Waals surface area contributed by atoms with Crippen LogP contribution in [0, 0.1) is 0 Å². The highest BCUT2D eigenvalue weighted by molar-refractivity contribution is 5.27. The molecule has 0 fully saturated rings. The Morgan fingerprint density at radius 1 is 1.15 bits per heavy atom. The van der Waals surface area contributed by atoms with Gasteiger partial charge in [-0.25, -0.2) is 8.78 Å². The molecule has 0 aliphatic carbocycles. The number of nitrogens with one attached hydrogen (secondary N) is 1. The van der Waals surface area contributed by atoms with E-state index in [1.807, 2.05) is 31.3 Å². The minimum absolute atomic E-state index is 0.273. The Bertz CT molecular complexity index is 357. The molecule has 0 aliphatic rings. The van der Waals surface area contributed by atoms with Crippen LogP contribution in [-0.4, -0.2) is 39.8 Å². The molecular weight excluding hydrogens is 264 g/mol. The Labute approximate surface area is 119 Å². The quantitative estimate of drug-likeness (QED) is 0.671. The second-order valence-corrected chi connectivity index (χ2v) is 4.63. The molecule has 1 aromatic rings. The van der Waals surface area contributed by atoms with Crippen LogP contribution >= 0.6 is 0 Å². The lowest BCUT2D eigenvalue weighted by Gasteiger charge is -2.16. The molecule has 0 saturated heterocycles. The standard InChI is InChI=1S/C15H23F2NO2/c1-18-13(9-10-20-11-15(16)17)6-3-12-4-7-14(19-2)8-5-12/h4-5,7-8,13,15,18H,3,6,9-11H2,1-2H3. The molecule has 1 unspecified atom stereocenters. The molecule has 0 saturated carbocycles. The summed E-state index contributed by atoms with van der Waals surface area (Å²) in [6, 6.07) is 8.23. The van der Waals surface area contributed by atoms with Crippen LogP contribution in [-0.2, 0) is 11.2 Å². The molecule has 0 radical (unpaired) electrons. The van der Waals surface area contributed by atoms with Gasteiger partial charge in [-0.05, 0) is 44.0 Å². The molecule has 1 rings (SSSR count). The lowest BCUT2D eigenvalue weighted by molar-refractivity contribution is 0.0144. The molecular formula is C15H23F2NO2. The number of halogens is 2. The molecule has 0 heterocycles. The molecule has 1 aromatic carbocycles. The fraction of sp³-hybridized carbons (Fsp3) is 0.600. The molecule has 20 heavy (non-hydrogen) atoms. The summed E-state index contributed by atoms with van der Waals surface area (Å²) in [5.74, 6) is 0.847. The maximum absolute atomic E-state index is 11.9. The van der Waals surface area contributed by atoms with Crippen molar-refractivity contribution in [1.82, 2.24) is 5.32 Å². The number of rotatable bonds is 10. The zero-order chi connectivity index (χ0) is 14.8. The molecule has 0 spiro atoms. The topological polar surface area (TPSA) is 30.5 Å². The van der Waals surface area contributed by atoms with Crippen molar-refractivity contribution in [2.75, 3.05) is 27.4 Å². The van der Waals surface area contributed by atoms with Gasteiger partial charge in [0.1, 0.15) is 12.4 Å². The monoisotopic (exact) mass is 287 g/mol. The van der Waals surface area contributed by atoms with Gasteiger partial charge in [0, 0.05) is 12.6 Å². The summed E-state index contributed by atoms with van der Waals surface area (Å²) in [6.45, 7) is -0.118. The summed E-state index contributed by atoms with van der Waals surface area (Å²) in [6.07, 6.45) is 0.229. The normalized spacial score (nSPS) is 12.7. The predicted octanol–water partition coefficient (Wildman–Crippen LogP) is 2.89. The average molecular weight is 287 g/mol. The summed E-state index contributed by atoms with van der Waals surface area (Å²) in [4.78, 5) is 0. The van der Waals surface area contributed by atoms with Crippen molar-refractivity contribution in [2.24, 2.45) is 0 Å². The maximum Gasteiger partial charge on any atom is 0.261 e. The van der Waals surface area contributed by atoms with Gasteiger partial charge < -0.3 is 14.8 Å². The SMILES string of the molecule is CNC(CCOCC(F)F)CCc1ccc(OC)cc1. The minimum Gasteiger partial charge on any atom is -0.497 e. The Hall–Kier alpha value is -1.20. The fourth-order valence-electron chi connectivity index (χ4n) is 1.96. The first-order valence-electron chi connectivity index (χ1n) is 6.81. The smallest absolute Gasteiger partial charge is 0.261 e. The Kier molecular flexibility index (Phi) is 8.14. The van der Waals surface area contributed by atoms with Crippen molar-refractivity contribution in [2.45, 2.75) is 31.7 Å². The molecule has 3 nitrogen and oxygen atoms in total. The van der Waals surface area contributed by atoms with E-state index in [-0.39, 0.29) is 6.04 Å². The first-order chi connectivity index (χ1) is 9.65. The molecule has 0 bridgehead atoms. The van der Waals surface area contributed by atoms with Crippen LogP contribution in [0.15, 0.2) is 24.3 Å². The second kappa shape index (κ2) is 9.66. The van der Waals surface area contributed by atoms with Crippen LogP contribution in [0.5, 0.6) is 5.75 Å². The first-order valence-corrected chi connectivity index (χ1v) is 6.81. The van der Waals surface area contributed by atoms with E-state index in [0.717, 1.165) is 25.0 Å². The largest absolute Gasteiger partial charge is 0.497 e. The third-order valence-electron chi connectivity index (χ3n) is 3.20. The second-order valence-electron chi connectivity index (χ2n) is 4.63. The third-order valence-corrected chi connectivity index (χ3v) is 3.20. The van der Waals surface area contributed by atoms with Gasteiger partial charge in [-0.15, -0.1) is 0 Å². The van der Waals surface area contributed by atoms with Crippen molar-refractivity contribution in [3.8, 4) is 5.75 Å². The van der Waals surface area contributed by atoms with E-state index in [1.165, 1.54) is 5.56 Å². The highest BCUT2D eigenvalue weighted by Gasteiger charge is 2.08. The summed E-state index contributed by atoms with van der Waals surface area (Å²) < 4.78 is 33.9. The van der Waals surface area contributed by atoms with Crippen LogP contribution < -0.4 is 10.1 Å². The van der Waals surface area contributed by atoms with E-state index < -0.39 is 13.0 Å². The van der Waals surface area contributed by atoms with E-state index >= 15 is 0 Å². The van der Waals surface area contributed by atoms with Gasteiger partial charge in [0.15, 0.2) is 0 Å². The van der Waals surface area contributed by atoms with Gasteiger partial charge in [-0.3, -0.25) is 0 Å². The van der Waals surface area contributed by atoms with Gasteiger partial charge in [-0.2, -0.15) is 0 Å². The number of alkyl halides is 2. The zero-order valence-corrected chi connectivity index (χ0v) is 12.1. The zero-order valence-electron chi connectivity index (χ0n) is 12.1. The third kappa shape index (κ3) is 6.82. The summed E-state index contributed by atoms with van der Waals surface area (Å²) in [7, 11) is 3.53. The number of hydrogen-bond acceptors (Lipinski definition) is 3. The van der Waals surface area contributed by atoms with Gasteiger partial charge in [0.2, 0.25) is 0 Å². The highest BCUT2D eigenvalue weighted by atomic mass is 19.3. The van der Waals surface area contributed by atoms with Crippen molar-refractivity contribution in [3.05, 3.63) is 29.8 Å². The lowest BCUT2D eigenvalue weighted by Crippen LogP contribution is -2.27.